The molecule has 0 heterocycles. The Morgan fingerprint density at radius 1 is 1.23 bits per heavy atom. The molecule has 0 spiro atoms. The van der Waals surface area contributed by atoms with Crippen LogP contribution in [0, 0.1) is 11.8 Å². The van der Waals surface area contributed by atoms with E-state index < -0.39 is 17.7 Å². The number of hydrogen-bond acceptors (Lipinski definition) is 4. The van der Waals surface area contributed by atoms with Crippen molar-refractivity contribution in [3.63, 3.8) is 0 Å². The largest absolute Gasteiger partial charge is 0.481 e. The average molecular weight is 317 g/mol. The van der Waals surface area contributed by atoms with Gasteiger partial charge in [-0.05, 0) is 39.0 Å². The minimum atomic E-state index is -0.852. The van der Waals surface area contributed by atoms with E-state index in [0.29, 0.717) is 32.1 Å². The van der Waals surface area contributed by atoms with Gasteiger partial charge in [0.1, 0.15) is 5.60 Å². The van der Waals surface area contributed by atoms with Crippen LogP contribution in [-0.2, 0) is 14.3 Å². The van der Waals surface area contributed by atoms with Crippen molar-refractivity contribution in [2.75, 3.05) is 19.8 Å². The number of carbonyl (C=O) groups is 2. The second-order valence-electron chi connectivity index (χ2n) is 6.73. The molecule has 0 saturated carbocycles. The smallest absolute Gasteiger partial charge is 0.407 e. The Morgan fingerprint density at radius 3 is 2.36 bits per heavy atom. The highest BCUT2D eigenvalue weighted by molar-refractivity contribution is 5.68. The first-order chi connectivity index (χ1) is 10.1. The van der Waals surface area contributed by atoms with Crippen LogP contribution in [0.4, 0.5) is 4.79 Å². The van der Waals surface area contributed by atoms with Crippen molar-refractivity contribution in [3.05, 3.63) is 0 Å². The molecule has 6 nitrogen and oxygen atoms in total. The summed E-state index contributed by atoms with van der Waals surface area (Å²) in [6.45, 7) is 11.0. The zero-order valence-corrected chi connectivity index (χ0v) is 14.5. The summed E-state index contributed by atoms with van der Waals surface area (Å²) in [5, 5.41) is 11.6. The lowest BCUT2D eigenvalue weighted by Gasteiger charge is -2.21. The molecule has 0 radical (unpaired) electrons. The molecule has 2 unspecified atom stereocenters. The van der Waals surface area contributed by atoms with Gasteiger partial charge in [-0.3, -0.25) is 4.79 Å². The maximum atomic E-state index is 11.5. The average Bonchev–Trinajstić information content (AvgIpc) is 2.35. The first-order valence-electron chi connectivity index (χ1n) is 7.90. The fourth-order valence-corrected chi connectivity index (χ4v) is 1.74. The predicted octanol–water partition coefficient (Wildman–Crippen LogP) is 3.05. The van der Waals surface area contributed by atoms with E-state index in [1.165, 1.54) is 0 Å². The highest BCUT2D eigenvalue weighted by Crippen LogP contribution is 2.11. The summed E-state index contributed by atoms with van der Waals surface area (Å²) in [6.07, 6.45) is 1.13. The summed E-state index contributed by atoms with van der Waals surface area (Å²) in [5.41, 5.74) is -0.538. The number of carbonyl (C=O) groups excluding carboxylic acids is 1. The molecule has 130 valence electrons. The van der Waals surface area contributed by atoms with Crippen molar-refractivity contribution in [2.45, 2.75) is 59.5 Å². The molecule has 0 aliphatic carbocycles. The minimum Gasteiger partial charge on any atom is -0.481 e. The SMILES string of the molecule is CCC(C)COCC(CCNC(=O)OC(C)(C)C)CC(=O)O. The molecule has 0 rings (SSSR count). The van der Waals surface area contributed by atoms with Gasteiger partial charge in [-0.1, -0.05) is 20.3 Å². The van der Waals surface area contributed by atoms with E-state index in [2.05, 4.69) is 19.2 Å². The number of rotatable bonds is 10. The zero-order valence-electron chi connectivity index (χ0n) is 14.5. The highest BCUT2D eigenvalue weighted by atomic mass is 16.6. The van der Waals surface area contributed by atoms with E-state index in [0.717, 1.165) is 6.42 Å². The van der Waals surface area contributed by atoms with Crippen LogP contribution >= 0.6 is 0 Å². The van der Waals surface area contributed by atoms with Gasteiger partial charge in [0, 0.05) is 13.2 Å². The third-order valence-corrected chi connectivity index (χ3v) is 3.14. The van der Waals surface area contributed by atoms with Crippen LogP contribution in [0.25, 0.3) is 0 Å². The molecule has 0 aromatic heterocycles. The summed E-state index contributed by atoms with van der Waals surface area (Å²) in [6, 6.07) is 0. The van der Waals surface area contributed by atoms with E-state index in [9.17, 15) is 9.59 Å². The van der Waals surface area contributed by atoms with Gasteiger partial charge in [0.2, 0.25) is 0 Å². The first kappa shape index (κ1) is 20.7. The molecule has 0 aliphatic rings. The molecule has 2 atom stereocenters. The van der Waals surface area contributed by atoms with Crippen LogP contribution < -0.4 is 5.32 Å². The highest BCUT2D eigenvalue weighted by Gasteiger charge is 2.18. The number of aliphatic carboxylic acids is 1. The lowest BCUT2D eigenvalue weighted by atomic mass is 10.0. The molecular formula is C16H31NO5. The Morgan fingerprint density at radius 2 is 1.86 bits per heavy atom. The van der Waals surface area contributed by atoms with Gasteiger partial charge in [-0.25, -0.2) is 4.79 Å². The van der Waals surface area contributed by atoms with Crippen molar-refractivity contribution in [1.29, 1.82) is 0 Å². The van der Waals surface area contributed by atoms with E-state index in [-0.39, 0.29) is 12.3 Å². The van der Waals surface area contributed by atoms with Crippen molar-refractivity contribution >= 4 is 12.1 Å². The maximum Gasteiger partial charge on any atom is 0.407 e. The van der Waals surface area contributed by atoms with Crippen LogP contribution in [0.2, 0.25) is 0 Å². The van der Waals surface area contributed by atoms with E-state index in [1.54, 1.807) is 20.8 Å². The Bertz CT molecular complexity index is 338. The van der Waals surface area contributed by atoms with Gasteiger partial charge >= 0.3 is 12.1 Å². The Labute approximate surface area is 133 Å². The monoisotopic (exact) mass is 317 g/mol. The van der Waals surface area contributed by atoms with E-state index in [1.807, 2.05) is 0 Å². The molecule has 2 N–H and O–H groups in total. The molecule has 6 heteroatoms. The second kappa shape index (κ2) is 10.4. The molecule has 22 heavy (non-hydrogen) atoms. The standard InChI is InChI=1S/C16H31NO5/c1-6-12(2)10-21-11-13(9-14(18)19)7-8-17-15(20)22-16(3,4)5/h12-13H,6-11H2,1-5H3,(H,17,20)(H,18,19). The zero-order chi connectivity index (χ0) is 17.2. The quantitative estimate of drug-likeness (QED) is 0.647. The number of nitrogens with one attached hydrogen (secondary N) is 1. The summed E-state index contributed by atoms with van der Waals surface area (Å²) >= 11 is 0. The Hall–Kier alpha value is -1.30. The molecule has 0 bridgehead atoms. The lowest BCUT2D eigenvalue weighted by Crippen LogP contribution is -2.34. The number of carboxylic acids is 1. The van der Waals surface area contributed by atoms with Crippen molar-refractivity contribution in [2.24, 2.45) is 11.8 Å². The number of ether oxygens (including phenoxy) is 2. The Balaban J connectivity index is 4.08. The fraction of sp³-hybridized carbons (Fsp3) is 0.875. The number of hydrogen-bond donors (Lipinski definition) is 2. The summed E-state index contributed by atoms with van der Waals surface area (Å²) in [4.78, 5) is 22.4. The summed E-state index contributed by atoms with van der Waals surface area (Å²) in [7, 11) is 0. The molecule has 1 amide bonds. The topological polar surface area (TPSA) is 84.9 Å². The van der Waals surface area contributed by atoms with Crippen LogP contribution in [0.15, 0.2) is 0 Å². The fourth-order valence-electron chi connectivity index (χ4n) is 1.74. The van der Waals surface area contributed by atoms with Crippen LogP contribution in [-0.4, -0.2) is 42.5 Å². The third kappa shape index (κ3) is 12.4. The van der Waals surface area contributed by atoms with Gasteiger partial charge < -0.3 is 19.9 Å². The van der Waals surface area contributed by atoms with Crippen molar-refractivity contribution < 1.29 is 24.2 Å². The second-order valence-corrected chi connectivity index (χ2v) is 6.73. The molecule has 0 fully saturated rings. The van der Waals surface area contributed by atoms with Gasteiger partial charge in [-0.15, -0.1) is 0 Å². The minimum absolute atomic E-state index is 0.0382. The normalized spacial score (nSPS) is 14.2. The first-order valence-corrected chi connectivity index (χ1v) is 7.90. The van der Waals surface area contributed by atoms with E-state index in [4.69, 9.17) is 14.6 Å². The third-order valence-electron chi connectivity index (χ3n) is 3.14. The van der Waals surface area contributed by atoms with Crippen molar-refractivity contribution in [1.82, 2.24) is 5.32 Å². The number of carboxylic acid groups (broad SMARTS) is 1. The molecule has 0 aromatic carbocycles. The Kier molecular flexibility index (Phi) is 9.81. The molecule has 0 aromatic rings. The summed E-state index contributed by atoms with van der Waals surface area (Å²) < 4.78 is 10.7. The van der Waals surface area contributed by atoms with Gasteiger partial charge in [0.15, 0.2) is 0 Å². The summed E-state index contributed by atoms with van der Waals surface area (Å²) in [5.74, 6) is -0.503. The van der Waals surface area contributed by atoms with Crippen LogP contribution in [0.3, 0.4) is 0 Å². The van der Waals surface area contributed by atoms with Gasteiger partial charge in [-0.2, -0.15) is 0 Å². The molecule has 0 saturated heterocycles. The van der Waals surface area contributed by atoms with Crippen LogP contribution in [0.5, 0.6) is 0 Å². The lowest BCUT2D eigenvalue weighted by molar-refractivity contribution is -0.138. The van der Waals surface area contributed by atoms with Crippen LogP contribution in [0.1, 0.15) is 53.9 Å². The molecule has 0 aliphatic heterocycles. The van der Waals surface area contributed by atoms with Gasteiger partial charge in [0.25, 0.3) is 0 Å². The maximum absolute atomic E-state index is 11.5. The van der Waals surface area contributed by atoms with E-state index >= 15 is 0 Å². The predicted molar refractivity (Wildman–Crippen MR) is 84.9 cm³/mol. The molecular weight excluding hydrogens is 286 g/mol. The van der Waals surface area contributed by atoms with Gasteiger partial charge in [0.05, 0.1) is 13.0 Å². The number of alkyl carbamates (subject to hydrolysis) is 1. The number of amides is 1. The van der Waals surface area contributed by atoms with Crippen molar-refractivity contribution in [3.8, 4) is 0 Å².